The van der Waals surface area contributed by atoms with Gasteiger partial charge in [-0.15, -0.1) is 0 Å². The highest BCUT2D eigenvalue weighted by atomic mass is 16.5. The van der Waals surface area contributed by atoms with Gasteiger partial charge in [0.25, 0.3) is 5.91 Å². The SMILES string of the molecule is COc1ccc(CN2CCCN(C(=O)c3cc4ccccc4n3Cc3ccccc3)CC2)cc1. The summed E-state index contributed by atoms with van der Waals surface area (Å²) in [6, 6.07) is 28.9. The number of fused-ring (bicyclic) bond motifs is 1. The normalized spacial score (nSPS) is 14.8. The monoisotopic (exact) mass is 453 g/mol. The second-order valence-electron chi connectivity index (χ2n) is 8.93. The molecule has 0 radical (unpaired) electrons. The highest BCUT2D eigenvalue weighted by Gasteiger charge is 2.24. The molecule has 174 valence electrons. The second-order valence-corrected chi connectivity index (χ2v) is 8.93. The molecule has 1 aliphatic heterocycles. The molecule has 4 aromatic rings. The molecule has 0 unspecified atom stereocenters. The van der Waals surface area contributed by atoms with Gasteiger partial charge in [0.2, 0.25) is 0 Å². The fourth-order valence-electron chi connectivity index (χ4n) is 4.81. The van der Waals surface area contributed by atoms with Gasteiger partial charge in [-0.25, -0.2) is 0 Å². The molecule has 0 bridgehead atoms. The van der Waals surface area contributed by atoms with Gasteiger partial charge in [0, 0.05) is 50.2 Å². The first kappa shape index (κ1) is 22.2. The Morgan fingerprint density at radius 2 is 1.53 bits per heavy atom. The molecule has 1 aliphatic rings. The third kappa shape index (κ3) is 4.85. The molecule has 0 N–H and O–H groups in total. The quantitative estimate of drug-likeness (QED) is 0.410. The van der Waals surface area contributed by atoms with Crippen LogP contribution >= 0.6 is 0 Å². The molecule has 5 heteroatoms. The molecule has 5 rings (SSSR count). The molecule has 0 saturated carbocycles. The molecule has 1 saturated heterocycles. The molecule has 2 heterocycles. The minimum Gasteiger partial charge on any atom is -0.497 e. The summed E-state index contributed by atoms with van der Waals surface area (Å²) in [7, 11) is 1.69. The van der Waals surface area contributed by atoms with E-state index >= 15 is 0 Å². The van der Waals surface area contributed by atoms with E-state index in [1.54, 1.807) is 7.11 Å². The number of aromatic nitrogens is 1. The van der Waals surface area contributed by atoms with Crippen molar-refractivity contribution >= 4 is 16.8 Å². The summed E-state index contributed by atoms with van der Waals surface area (Å²) >= 11 is 0. The van der Waals surface area contributed by atoms with Crippen molar-refractivity contribution in [3.8, 4) is 5.75 Å². The zero-order valence-corrected chi connectivity index (χ0v) is 19.7. The van der Waals surface area contributed by atoms with Gasteiger partial charge in [0.05, 0.1) is 7.11 Å². The van der Waals surface area contributed by atoms with E-state index in [1.807, 2.05) is 35.2 Å². The maximum atomic E-state index is 13.7. The van der Waals surface area contributed by atoms with Gasteiger partial charge in [0.1, 0.15) is 11.4 Å². The van der Waals surface area contributed by atoms with Crippen LogP contribution in [0.2, 0.25) is 0 Å². The Bertz CT molecular complexity index is 1250. The molecule has 0 aliphatic carbocycles. The van der Waals surface area contributed by atoms with Crippen LogP contribution in [0.5, 0.6) is 5.75 Å². The number of hydrogen-bond acceptors (Lipinski definition) is 3. The average molecular weight is 454 g/mol. The van der Waals surface area contributed by atoms with Crippen molar-refractivity contribution in [3.05, 3.63) is 102 Å². The Morgan fingerprint density at radius 1 is 0.794 bits per heavy atom. The van der Waals surface area contributed by atoms with Gasteiger partial charge < -0.3 is 14.2 Å². The smallest absolute Gasteiger partial charge is 0.270 e. The van der Waals surface area contributed by atoms with Crippen LogP contribution in [0.25, 0.3) is 10.9 Å². The number of carbonyl (C=O) groups excluding carboxylic acids is 1. The molecule has 1 aromatic heterocycles. The van der Waals surface area contributed by atoms with Gasteiger partial charge in [-0.05, 0) is 41.8 Å². The number of methoxy groups -OCH3 is 1. The first-order valence-corrected chi connectivity index (χ1v) is 12.0. The lowest BCUT2D eigenvalue weighted by molar-refractivity contribution is 0.0751. The summed E-state index contributed by atoms with van der Waals surface area (Å²) in [6.07, 6.45) is 0.973. The molecular weight excluding hydrogens is 422 g/mol. The predicted molar refractivity (Wildman–Crippen MR) is 136 cm³/mol. The third-order valence-corrected chi connectivity index (χ3v) is 6.65. The van der Waals surface area contributed by atoms with Crippen molar-refractivity contribution < 1.29 is 9.53 Å². The summed E-state index contributed by atoms with van der Waals surface area (Å²) in [5, 5.41) is 1.11. The topological polar surface area (TPSA) is 37.7 Å². The number of ether oxygens (including phenoxy) is 1. The summed E-state index contributed by atoms with van der Waals surface area (Å²) in [5.41, 5.74) is 4.34. The maximum absolute atomic E-state index is 13.7. The first-order chi connectivity index (χ1) is 16.7. The van der Waals surface area contributed by atoms with Crippen LogP contribution in [0.1, 0.15) is 28.0 Å². The molecule has 34 heavy (non-hydrogen) atoms. The fourth-order valence-corrected chi connectivity index (χ4v) is 4.81. The van der Waals surface area contributed by atoms with Crippen LogP contribution in [-0.2, 0) is 13.1 Å². The number of hydrogen-bond donors (Lipinski definition) is 0. The lowest BCUT2D eigenvalue weighted by Gasteiger charge is -2.23. The fraction of sp³-hybridized carbons (Fsp3) is 0.276. The molecule has 1 amide bonds. The third-order valence-electron chi connectivity index (χ3n) is 6.65. The van der Waals surface area contributed by atoms with Crippen LogP contribution in [0.3, 0.4) is 0 Å². The van der Waals surface area contributed by atoms with Gasteiger partial charge in [0.15, 0.2) is 0 Å². The molecule has 0 spiro atoms. The van der Waals surface area contributed by atoms with E-state index in [0.717, 1.165) is 61.5 Å². The van der Waals surface area contributed by atoms with Crippen molar-refractivity contribution in [1.29, 1.82) is 0 Å². The number of benzene rings is 3. The zero-order valence-electron chi connectivity index (χ0n) is 19.7. The maximum Gasteiger partial charge on any atom is 0.270 e. The van der Waals surface area contributed by atoms with E-state index < -0.39 is 0 Å². The lowest BCUT2D eigenvalue weighted by atomic mass is 10.2. The largest absolute Gasteiger partial charge is 0.497 e. The van der Waals surface area contributed by atoms with Crippen LogP contribution in [0, 0.1) is 0 Å². The van der Waals surface area contributed by atoms with E-state index in [1.165, 1.54) is 11.1 Å². The van der Waals surface area contributed by atoms with Crippen molar-refractivity contribution in [2.75, 3.05) is 33.3 Å². The zero-order chi connectivity index (χ0) is 23.3. The Morgan fingerprint density at radius 3 is 2.32 bits per heavy atom. The number of rotatable bonds is 6. The van der Waals surface area contributed by atoms with Crippen LogP contribution in [0.15, 0.2) is 84.9 Å². The van der Waals surface area contributed by atoms with Crippen LogP contribution in [-0.4, -0.2) is 53.6 Å². The van der Waals surface area contributed by atoms with E-state index in [0.29, 0.717) is 6.54 Å². The average Bonchev–Trinajstić information content (AvgIpc) is 3.07. The Hall–Kier alpha value is -3.57. The molecule has 0 atom stereocenters. The molecular formula is C29H31N3O2. The van der Waals surface area contributed by atoms with E-state index in [9.17, 15) is 4.79 Å². The Labute approximate surface area is 201 Å². The summed E-state index contributed by atoms with van der Waals surface area (Å²) in [5.74, 6) is 1.00. The standard InChI is InChI=1S/C29H31N3O2/c1-34-26-14-12-24(13-15-26)21-30-16-7-17-31(19-18-30)29(33)28-20-25-10-5-6-11-27(25)32(28)22-23-8-3-2-4-9-23/h2-6,8-15,20H,7,16-19,21-22H2,1H3. The highest BCUT2D eigenvalue weighted by Crippen LogP contribution is 2.23. The minimum absolute atomic E-state index is 0.124. The second kappa shape index (κ2) is 10.1. The van der Waals surface area contributed by atoms with E-state index in [4.69, 9.17) is 4.74 Å². The summed E-state index contributed by atoms with van der Waals surface area (Å²) in [4.78, 5) is 18.2. The van der Waals surface area contributed by atoms with Crippen molar-refractivity contribution in [1.82, 2.24) is 14.4 Å². The van der Waals surface area contributed by atoms with Crippen LogP contribution < -0.4 is 4.74 Å². The lowest BCUT2D eigenvalue weighted by Crippen LogP contribution is -2.36. The molecule has 1 fully saturated rings. The first-order valence-electron chi connectivity index (χ1n) is 12.0. The Balaban J connectivity index is 1.33. The number of carbonyl (C=O) groups is 1. The minimum atomic E-state index is 0.124. The Kier molecular flexibility index (Phi) is 6.63. The van der Waals surface area contributed by atoms with Gasteiger partial charge in [-0.1, -0.05) is 60.7 Å². The van der Waals surface area contributed by atoms with Crippen molar-refractivity contribution in [2.45, 2.75) is 19.5 Å². The number of nitrogens with zero attached hydrogens (tertiary/aromatic N) is 3. The van der Waals surface area contributed by atoms with Gasteiger partial charge in [-0.2, -0.15) is 0 Å². The van der Waals surface area contributed by atoms with Crippen molar-refractivity contribution in [2.24, 2.45) is 0 Å². The molecule has 3 aromatic carbocycles. The number of amides is 1. The summed E-state index contributed by atoms with van der Waals surface area (Å²) in [6.45, 7) is 4.96. The van der Waals surface area contributed by atoms with Crippen LogP contribution in [0.4, 0.5) is 0 Å². The van der Waals surface area contributed by atoms with Gasteiger partial charge >= 0.3 is 0 Å². The van der Waals surface area contributed by atoms with E-state index in [-0.39, 0.29) is 5.91 Å². The summed E-state index contributed by atoms with van der Waals surface area (Å²) < 4.78 is 7.44. The number of para-hydroxylation sites is 1. The van der Waals surface area contributed by atoms with E-state index in [2.05, 4.69) is 64.1 Å². The van der Waals surface area contributed by atoms with Gasteiger partial charge in [-0.3, -0.25) is 9.69 Å². The van der Waals surface area contributed by atoms with Crippen molar-refractivity contribution in [3.63, 3.8) is 0 Å². The highest BCUT2D eigenvalue weighted by molar-refractivity contribution is 5.98. The molecule has 5 nitrogen and oxygen atoms in total. The predicted octanol–water partition coefficient (Wildman–Crippen LogP) is 5.05.